The zero-order valence-corrected chi connectivity index (χ0v) is 10.7. The summed E-state index contributed by atoms with van der Waals surface area (Å²) in [5.74, 6) is -5.65. The standard InChI is InChI=1S/C5H2F6O2.Tl/c6-4(7,8)2(12)1-3(13)5(9,10)11;/h1,12H;/q;+3/p-1/b2-1-;. The number of carbonyl (C=O) groups is 1. The van der Waals surface area contributed by atoms with Crippen LogP contribution in [0.5, 0.6) is 0 Å². The van der Waals surface area contributed by atoms with Crippen LogP contribution in [0.2, 0.25) is 0 Å². The summed E-state index contributed by atoms with van der Waals surface area (Å²) in [6, 6.07) is 0. The van der Waals surface area contributed by atoms with Gasteiger partial charge >= 0.3 is 39.7 Å². The zero-order valence-electron chi connectivity index (χ0n) is 6.24. The van der Waals surface area contributed by atoms with Gasteiger partial charge in [0.2, 0.25) is 0 Å². The molecule has 0 aromatic carbocycles. The van der Waals surface area contributed by atoms with Crippen molar-refractivity contribution in [2.45, 2.75) is 12.4 Å². The average molecular weight is 411 g/mol. The quantitative estimate of drug-likeness (QED) is 0.274. The maximum atomic E-state index is 11.3. The first kappa shape index (κ1) is 16.2. The molecule has 76 valence electrons. The fraction of sp³-hybridized carbons (Fsp3) is 0.400. The van der Waals surface area contributed by atoms with E-state index < -0.39 is 30.0 Å². The van der Waals surface area contributed by atoms with Crippen molar-refractivity contribution in [3.63, 3.8) is 0 Å². The van der Waals surface area contributed by atoms with Crippen LogP contribution in [-0.2, 0) is 4.79 Å². The topological polar surface area (TPSA) is 40.1 Å². The van der Waals surface area contributed by atoms with Crippen LogP contribution in [0.25, 0.3) is 0 Å². The molecule has 0 aliphatic rings. The third-order valence-corrected chi connectivity index (χ3v) is 0.821. The van der Waals surface area contributed by atoms with Crippen molar-refractivity contribution in [3.8, 4) is 0 Å². The molecule has 0 bridgehead atoms. The van der Waals surface area contributed by atoms with Crippen molar-refractivity contribution >= 4 is 33.1 Å². The number of hydrogen-bond donors (Lipinski definition) is 0. The summed E-state index contributed by atoms with van der Waals surface area (Å²) in [5, 5.41) is 9.82. The number of ketones is 1. The molecule has 0 aromatic heterocycles. The van der Waals surface area contributed by atoms with Crippen LogP contribution in [-0.4, -0.2) is 45.4 Å². The Morgan fingerprint density at radius 1 is 1.00 bits per heavy atom. The Hall–Kier alpha value is -0.288. The van der Waals surface area contributed by atoms with E-state index in [4.69, 9.17) is 0 Å². The fourth-order valence-corrected chi connectivity index (χ4v) is 0.283. The predicted molar refractivity (Wildman–Crippen MR) is 31.0 cm³/mol. The molecule has 0 aliphatic heterocycles. The third-order valence-electron chi connectivity index (χ3n) is 0.821. The van der Waals surface area contributed by atoms with E-state index >= 15 is 0 Å². The Balaban J connectivity index is 0. The normalized spacial score (nSPS) is 13.4. The Bertz CT molecular complexity index is 240. The minimum absolute atomic E-state index is 0. The minimum Gasteiger partial charge on any atom is -0.869 e. The largest absolute Gasteiger partial charge is 3.00 e. The van der Waals surface area contributed by atoms with Gasteiger partial charge in [-0.15, -0.1) is 0 Å². The van der Waals surface area contributed by atoms with E-state index in [0.29, 0.717) is 0 Å². The second-order valence-corrected chi connectivity index (χ2v) is 1.87. The Kier molecular flexibility index (Phi) is 5.75. The molecule has 0 rings (SSSR count). The van der Waals surface area contributed by atoms with Crippen molar-refractivity contribution in [2.75, 3.05) is 0 Å². The molecule has 14 heavy (non-hydrogen) atoms. The summed E-state index contributed by atoms with van der Waals surface area (Å²) >= 11 is 0. The summed E-state index contributed by atoms with van der Waals surface area (Å²) in [4.78, 5) is 9.82. The van der Waals surface area contributed by atoms with Gasteiger partial charge in [-0.25, -0.2) is 0 Å². The van der Waals surface area contributed by atoms with Crippen molar-refractivity contribution < 1.29 is 36.2 Å². The SMILES string of the molecule is O=C(/C=C(\[O-])C(F)(F)F)C(F)(F)F.[Tl+3]. The van der Waals surface area contributed by atoms with Crippen LogP contribution >= 0.6 is 0 Å². The molecule has 0 amide bonds. The molecular weight excluding hydrogens is 410 g/mol. The second kappa shape index (κ2) is 4.98. The van der Waals surface area contributed by atoms with Gasteiger partial charge in [-0.2, -0.15) is 26.3 Å². The van der Waals surface area contributed by atoms with Crippen molar-refractivity contribution in [1.82, 2.24) is 0 Å². The summed E-state index contributed by atoms with van der Waals surface area (Å²) < 4.78 is 67.8. The molecule has 0 aliphatic carbocycles. The number of allylic oxidation sites excluding steroid dienone is 2. The first-order valence-corrected chi connectivity index (χ1v) is 2.62. The molecule has 0 radical (unpaired) electrons. The molecule has 0 aromatic rings. The number of halogens is 6. The Morgan fingerprint density at radius 2 is 1.36 bits per heavy atom. The zero-order chi connectivity index (χ0) is 10.9. The molecule has 0 N–H and O–H groups in total. The molecule has 0 unspecified atom stereocenters. The summed E-state index contributed by atoms with van der Waals surface area (Å²) in [6.45, 7) is 0. The van der Waals surface area contributed by atoms with E-state index in [9.17, 15) is 36.2 Å². The first-order valence-electron chi connectivity index (χ1n) is 2.62. The van der Waals surface area contributed by atoms with Crippen molar-refractivity contribution in [3.05, 3.63) is 11.8 Å². The monoisotopic (exact) mass is 412 g/mol. The summed E-state index contributed by atoms with van der Waals surface area (Å²) in [7, 11) is 0. The number of alkyl halides is 6. The molecule has 0 saturated heterocycles. The van der Waals surface area contributed by atoms with Gasteiger partial charge in [-0.3, -0.25) is 4.79 Å². The van der Waals surface area contributed by atoms with Gasteiger partial charge in [-0.05, 0) is 11.8 Å². The van der Waals surface area contributed by atoms with E-state index in [1.54, 1.807) is 0 Å². The third kappa shape index (κ3) is 5.44. The molecule has 0 spiro atoms. The molecule has 2 nitrogen and oxygen atoms in total. The Labute approximate surface area is 93.7 Å². The number of carbonyl (C=O) groups excluding carboxylic acids is 1. The minimum atomic E-state index is -5.46. The Morgan fingerprint density at radius 3 is 1.57 bits per heavy atom. The van der Waals surface area contributed by atoms with Gasteiger partial charge in [-0.1, -0.05) is 0 Å². The van der Waals surface area contributed by atoms with Crippen LogP contribution in [0, 0.1) is 0 Å². The van der Waals surface area contributed by atoms with Crippen LogP contribution < -0.4 is 5.11 Å². The van der Waals surface area contributed by atoms with E-state index in [2.05, 4.69) is 0 Å². The molecule has 0 heterocycles. The summed E-state index contributed by atoms with van der Waals surface area (Å²) in [5.41, 5.74) is 0. The maximum Gasteiger partial charge on any atom is 3.00 e. The number of hydrogen-bond acceptors (Lipinski definition) is 2. The smallest absolute Gasteiger partial charge is 0.869 e. The predicted octanol–water partition coefficient (Wildman–Crippen LogP) is 0.543. The van der Waals surface area contributed by atoms with Gasteiger partial charge in [0.25, 0.3) is 5.78 Å². The van der Waals surface area contributed by atoms with Crippen molar-refractivity contribution in [2.24, 2.45) is 0 Å². The first-order chi connectivity index (χ1) is 5.55. The van der Waals surface area contributed by atoms with Crippen LogP contribution in [0.15, 0.2) is 11.8 Å². The second-order valence-electron chi connectivity index (χ2n) is 1.87. The molecule has 0 saturated carbocycles. The van der Waals surface area contributed by atoms with Crippen LogP contribution in [0.4, 0.5) is 26.3 Å². The van der Waals surface area contributed by atoms with Crippen LogP contribution in [0.3, 0.4) is 0 Å². The molecule has 9 heteroatoms. The molecule has 0 atom stereocenters. The van der Waals surface area contributed by atoms with Gasteiger partial charge in [0, 0.05) is 0 Å². The molecule has 0 fully saturated rings. The van der Waals surface area contributed by atoms with Gasteiger partial charge in [0.05, 0.1) is 0 Å². The maximum absolute atomic E-state index is 11.3. The van der Waals surface area contributed by atoms with Gasteiger partial charge < -0.3 is 5.11 Å². The summed E-state index contributed by atoms with van der Waals surface area (Å²) in [6.07, 6.45) is -11.9. The van der Waals surface area contributed by atoms with E-state index in [1.807, 2.05) is 0 Å². The fourth-order valence-electron chi connectivity index (χ4n) is 0.283. The van der Waals surface area contributed by atoms with Gasteiger partial charge in [0.15, 0.2) is 0 Å². The van der Waals surface area contributed by atoms with Crippen LogP contribution in [0.1, 0.15) is 0 Å². The average Bonchev–Trinajstić information content (AvgIpc) is 1.82. The van der Waals surface area contributed by atoms with Crippen molar-refractivity contribution in [1.29, 1.82) is 0 Å². The van der Waals surface area contributed by atoms with Gasteiger partial charge in [0.1, 0.15) is 0 Å². The van der Waals surface area contributed by atoms with E-state index in [0.717, 1.165) is 0 Å². The molecular formula is C5HF6O2Tl+2. The van der Waals surface area contributed by atoms with E-state index in [1.165, 1.54) is 0 Å². The number of rotatable bonds is 1. The van der Waals surface area contributed by atoms with E-state index in [-0.39, 0.29) is 27.3 Å².